The van der Waals surface area contributed by atoms with Gasteiger partial charge in [-0.1, -0.05) is 150 Å². The Hall–Kier alpha value is -8.86. The van der Waals surface area contributed by atoms with Gasteiger partial charge in [0.15, 0.2) is 26.4 Å². The third-order valence-corrected chi connectivity index (χ3v) is 18.1. The predicted molar refractivity (Wildman–Crippen MR) is 367 cm³/mol. The minimum Gasteiger partial charge on any atom is -0.481 e. The number of fused-ring (bicyclic) bond motifs is 10. The second-order valence-corrected chi connectivity index (χ2v) is 29.5. The molecule has 2 aliphatic heterocycles. The molecule has 0 saturated carbocycles. The van der Waals surface area contributed by atoms with E-state index < -0.39 is 94.6 Å². The van der Waals surface area contributed by atoms with Gasteiger partial charge < -0.3 is 47.5 Å². The molecule has 95 heavy (non-hydrogen) atoms. The number of para-hydroxylation sites is 1. The summed E-state index contributed by atoms with van der Waals surface area (Å²) in [6.45, 7) is 32.9. The van der Waals surface area contributed by atoms with Crippen molar-refractivity contribution in [1.82, 2.24) is 0 Å². The lowest BCUT2D eigenvalue weighted by molar-refractivity contribution is -0.386. The van der Waals surface area contributed by atoms with Crippen molar-refractivity contribution in [3.8, 4) is 28.7 Å². The van der Waals surface area contributed by atoms with Crippen LogP contribution in [0.15, 0.2) is 91.0 Å². The molecule has 2 heterocycles. The number of nitro benzene ring substituents is 1. The number of carbonyl (C=O) groups is 4. The molecule has 0 saturated heterocycles. The summed E-state index contributed by atoms with van der Waals surface area (Å²) >= 11 is 0. The number of benzene rings is 6. The van der Waals surface area contributed by atoms with Crippen LogP contribution in [0.5, 0.6) is 28.7 Å². The number of hydrogen-bond acceptors (Lipinski definition) is 16. The van der Waals surface area contributed by atoms with Crippen molar-refractivity contribution in [1.29, 1.82) is 0 Å². The Morgan fingerprint density at radius 2 is 0.832 bits per heavy atom. The van der Waals surface area contributed by atoms with Gasteiger partial charge in [0.25, 0.3) is 5.69 Å². The molecule has 0 fully saturated rings. The summed E-state index contributed by atoms with van der Waals surface area (Å²) in [5, 5.41) is 13.0. The second kappa shape index (κ2) is 27.5. The van der Waals surface area contributed by atoms with Crippen LogP contribution in [0.2, 0.25) is 0 Å². The first kappa shape index (κ1) is 70.5. The maximum atomic E-state index is 14.8. The number of likely N-dealkylation sites (N-methyl/N-ethyl adjacent to an activating group) is 1. The summed E-state index contributed by atoms with van der Waals surface area (Å²) in [6.07, 6.45) is 4.54. The van der Waals surface area contributed by atoms with Crippen molar-refractivity contribution in [3.63, 3.8) is 0 Å². The van der Waals surface area contributed by atoms with E-state index in [-0.39, 0.29) is 62.5 Å². The van der Waals surface area contributed by atoms with E-state index in [1.165, 1.54) is 6.07 Å². The monoisotopic (exact) mass is 1300 g/mol. The van der Waals surface area contributed by atoms with Crippen molar-refractivity contribution < 1.29 is 66.7 Å². The molecule has 1 aliphatic carbocycles. The van der Waals surface area contributed by atoms with Gasteiger partial charge >= 0.3 is 23.9 Å². The Balaban J connectivity index is 1.26. The van der Waals surface area contributed by atoms with Crippen LogP contribution in [0, 0.1) is 10.1 Å². The van der Waals surface area contributed by atoms with E-state index in [9.17, 15) is 29.3 Å². The first-order valence-electron chi connectivity index (χ1n) is 32.9. The maximum absolute atomic E-state index is 14.8. The summed E-state index contributed by atoms with van der Waals surface area (Å²) in [6, 6.07) is 27.7. The highest BCUT2D eigenvalue weighted by Crippen LogP contribution is 2.55. The molecule has 3 aliphatic rings. The molecule has 0 N–H and O–H groups in total. The highest BCUT2D eigenvalue weighted by atomic mass is 16.6. The van der Waals surface area contributed by atoms with E-state index in [1.54, 1.807) is 26.8 Å². The van der Waals surface area contributed by atoms with Crippen molar-refractivity contribution in [3.05, 3.63) is 185 Å². The minimum absolute atomic E-state index is 0.0852. The summed E-state index contributed by atoms with van der Waals surface area (Å²) in [4.78, 5) is 69.7. The zero-order valence-corrected chi connectivity index (χ0v) is 58.7. The molecule has 8 bridgehead atoms. The summed E-state index contributed by atoms with van der Waals surface area (Å²) in [7, 11) is 1.93. The van der Waals surface area contributed by atoms with Gasteiger partial charge in [0.1, 0.15) is 40.9 Å². The van der Waals surface area contributed by atoms with E-state index in [2.05, 4.69) is 152 Å². The number of hydrogen-bond donors (Lipinski definition) is 0. The topological polar surface area (TPSA) is 198 Å². The van der Waals surface area contributed by atoms with Gasteiger partial charge in [-0.3, -0.25) is 10.1 Å². The maximum Gasteiger partial charge on any atom is 0.344 e. The SMILES string of the molecule is CCOC(=O)COc1c2cc(C(C)(C)C)cc1Cc1cc(C(C)(C)C)cc(c1OCC(=O)OCC)Cc1cc(C(C)(C)C)cc(c1OCC(=O)OCc1c([N+](=O)[O-])ccc3c1OC1(C=C3)N(C)c3ccccc3C1(C)C)Cc1cc(C(C)(C)C)cc(c1OCC(=O)OCC)C2. The van der Waals surface area contributed by atoms with Crippen molar-refractivity contribution in [2.45, 2.75) is 183 Å². The number of nitro groups is 1. The Morgan fingerprint density at radius 1 is 0.505 bits per heavy atom. The van der Waals surface area contributed by atoms with E-state index in [0.29, 0.717) is 61.9 Å². The van der Waals surface area contributed by atoms with E-state index >= 15 is 0 Å². The van der Waals surface area contributed by atoms with Crippen LogP contribution in [-0.2, 0) is 97.5 Å². The standard InChI is InChI=1S/C78H94N2O15/c1-19-87-64(81)43-91-68-48-30-50-36-57(74(7,8)9)38-52(69(50)92-44-65(82)88-20-2)32-54-40-59(76(13,14)15)41-55(33-53-39-58(75(10,11)12)37-51(70(53)93-45-66(83)89-21-3)31-49(68)35-56(34-48)73(4,5)6)71(54)94-46-67(84)90-42-60-62(80(85)86)27-26-47-28-29-78(95-72(47)60)77(16,17)61-24-22-23-25-63(61)79(78)18/h22-29,34-41H,19-21,30-33,42-46H2,1-18H3. The van der Waals surface area contributed by atoms with E-state index in [1.807, 2.05) is 42.3 Å². The van der Waals surface area contributed by atoms with Gasteiger partial charge in [0.05, 0.1) is 30.2 Å². The van der Waals surface area contributed by atoms with Crippen LogP contribution in [0.25, 0.3) is 6.08 Å². The second-order valence-electron chi connectivity index (χ2n) is 29.5. The quantitative estimate of drug-likeness (QED) is 0.0340. The fraction of sp³-hybridized carbons (Fsp3) is 0.462. The van der Waals surface area contributed by atoms with Gasteiger partial charge in [-0.2, -0.15) is 0 Å². The van der Waals surface area contributed by atoms with Gasteiger partial charge in [0, 0.05) is 50.0 Å². The number of anilines is 1. The van der Waals surface area contributed by atoms with Gasteiger partial charge in [-0.25, -0.2) is 19.2 Å². The largest absolute Gasteiger partial charge is 0.481 e. The van der Waals surface area contributed by atoms with Crippen LogP contribution in [0.1, 0.15) is 201 Å². The first-order valence-corrected chi connectivity index (χ1v) is 32.9. The molecule has 1 spiro atoms. The zero-order chi connectivity index (χ0) is 69.3. The fourth-order valence-electron chi connectivity index (χ4n) is 12.9. The van der Waals surface area contributed by atoms with Crippen LogP contribution < -0.4 is 28.6 Å². The normalized spacial score (nSPS) is 15.6. The average molecular weight is 1300 g/mol. The predicted octanol–water partition coefficient (Wildman–Crippen LogP) is 14.9. The molecule has 0 radical (unpaired) electrons. The molecule has 6 aromatic rings. The Bertz CT molecular complexity index is 3840. The molecule has 17 nitrogen and oxygen atoms in total. The number of rotatable bonds is 18. The van der Waals surface area contributed by atoms with Crippen molar-refractivity contribution in [2.24, 2.45) is 0 Å². The number of esters is 4. The molecule has 1 atom stereocenters. The minimum atomic E-state index is -1.10. The van der Waals surface area contributed by atoms with Crippen LogP contribution in [0.4, 0.5) is 11.4 Å². The van der Waals surface area contributed by atoms with Gasteiger partial charge in [-0.15, -0.1) is 0 Å². The van der Waals surface area contributed by atoms with Crippen LogP contribution in [-0.4, -0.2) is 87.8 Å². The third-order valence-electron chi connectivity index (χ3n) is 18.1. The summed E-state index contributed by atoms with van der Waals surface area (Å²) in [5.41, 5.74) is 8.30. The molecule has 0 aromatic heterocycles. The lowest BCUT2D eigenvalue weighted by atomic mass is 9.76. The van der Waals surface area contributed by atoms with Gasteiger partial charge in [0.2, 0.25) is 5.72 Å². The average Bonchev–Trinajstić information content (AvgIpc) is 1.55. The van der Waals surface area contributed by atoms with Crippen molar-refractivity contribution in [2.75, 3.05) is 58.2 Å². The Labute approximate surface area is 559 Å². The smallest absolute Gasteiger partial charge is 0.344 e. The molecule has 506 valence electrons. The van der Waals surface area contributed by atoms with Crippen LogP contribution in [0.3, 0.4) is 0 Å². The number of carbonyl (C=O) groups excluding carboxylic acids is 4. The molecule has 0 amide bonds. The van der Waals surface area contributed by atoms with Crippen LogP contribution >= 0.6 is 0 Å². The third kappa shape index (κ3) is 15.1. The number of ether oxygens (including phenoxy) is 9. The Kier molecular flexibility index (Phi) is 20.4. The van der Waals surface area contributed by atoms with Crippen molar-refractivity contribution >= 4 is 41.3 Å². The lowest BCUT2D eigenvalue weighted by Crippen LogP contribution is -2.58. The van der Waals surface area contributed by atoms with Gasteiger partial charge in [-0.05, 0) is 153 Å². The Morgan fingerprint density at radius 3 is 1.14 bits per heavy atom. The summed E-state index contributed by atoms with van der Waals surface area (Å²) < 4.78 is 56.9. The highest BCUT2D eigenvalue weighted by molar-refractivity contribution is 5.77. The molecule has 1 unspecified atom stereocenters. The molecule has 17 heteroatoms. The molecular formula is C78H94N2O15. The lowest BCUT2D eigenvalue weighted by Gasteiger charge is -2.46. The molecule has 9 rings (SSSR count). The summed E-state index contributed by atoms with van der Waals surface area (Å²) in [5.74, 6) is -0.639. The number of nitrogens with zero attached hydrogens (tertiary/aromatic N) is 2. The molecular weight excluding hydrogens is 1200 g/mol. The fourth-order valence-corrected chi connectivity index (χ4v) is 12.9. The highest BCUT2D eigenvalue weighted by Gasteiger charge is 2.58. The molecule has 6 aromatic carbocycles. The zero-order valence-electron chi connectivity index (χ0n) is 58.7. The van der Waals surface area contributed by atoms with E-state index in [4.69, 9.17) is 42.6 Å². The first-order chi connectivity index (χ1) is 44.6. The van der Waals surface area contributed by atoms with E-state index in [0.717, 1.165) is 44.6 Å².